The average molecular weight is 576 g/mol. The van der Waals surface area contributed by atoms with E-state index in [0.29, 0.717) is 41.2 Å². The lowest BCUT2D eigenvalue weighted by molar-refractivity contribution is -0.128. The van der Waals surface area contributed by atoms with Crippen LogP contribution in [-0.4, -0.2) is 70.1 Å². The van der Waals surface area contributed by atoms with Crippen molar-refractivity contribution in [2.45, 2.75) is 38.4 Å². The number of ether oxygens (including phenoxy) is 2. The maximum atomic E-state index is 14.3. The zero-order valence-corrected chi connectivity index (χ0v) is 24.3. The van der Waals surface area contributed by atoms with E-state index in [4.69, 9.17) is 15.2 Å². The molecule has 222 valence electrons. The van der Waals surface area contributed by atoms with Crippen LogP contribution in [0.15, 0.2) is 54.6 Å². The SMILES string of the molecule is CN[C@@H](C)C(=O)NC1CN(C(=O)CCCN)c2ccccc2N(Cc2c(OC)ccc3cc(C(=O)OC)ccc23)C1=O. The van der Waals surface area contributed by atoms with Crippen molar-refractivity contribution in [3.8, 4) is 5.75 Å². The quantitative estimate of drug-likeness (QED) is 0.313. The van der Waals surface area contributed by atoms with E-state index in [1.165, 1.54) is 7.11 Å². The van der Waals surface area contributed by atoms with Crippen molar-refractivity contribution >= 4 is 45.8 Å². The molecule has 3 aromatic rings. The Balaban J connectivity index is 1.85. The molecule has 1 aliphatic heterocycles. The highest BCUT2D eigenvalue weighted by atomic mass is 16.5. The summed E-state index contributed by atoms with van der Waals surface area (Å²) in [5.74, 6) is -0.850. The molecule has 1 unspecified atom stereocenters. The fraction of sp³-hybridized carbons (Fsp3) is 0.355. The van der Waals surface area contributed by atoms with E-state index in [0.717, 1.165) is 10.8 Å². The van der Waals surface area contributed by atoms with Crippen LogP contribution in [0.3, 0.4) is 0 Å². The molecule has 1 aliphatic rings. The molecule has 3 amide bonds. The third-order valence-electron chi connectivity index (χ3n) is 7.48. The molecular weight excluding hydrogens is 538 g/mol. The molecule has 0 bridgehead atoms. The molecule has 0 fully saturated rings. The molecule has 0 aromatic heterocycles. The Hall–Kier alpha value is -4.48. The molecule has 3 aromatic carbocycles. The fourth-order valence-corrected chi connectivity index (χ4v) is 5.04. The number of esters is 1. The normalized spacial score (nSPS) is 15.5. The Morgan fingerprint density at radius 3 is 2.48 bits per heavy atom. The van der Waals surface area contributed by atoms with Crippen molar-refractivity contribution in [3.63, 3.8) is 0 Å². The van der Waals surface area contributed by atoms with Gasteiger partial charge in [0.15, 0.2) is 0 Å². The molecule has 11 heteroatoms. The number of carbonyl (C=O) groups is 4. The van der Waals surface area contributed by atoms with Crippen molar-refractivity contribution in [1.82, 2.24) is 10.6 Å². The van der Waals surface area contributed by atoms with E-state index in [1.807, 2.05) is 6.07 Å². The number of carbonyl (C=O) groups excluding carboxylic acids is 4. The molecule has 0 saturated heterocycles. The second-order valence-corrected chi connectivity index (χ2v) is 10.1. The largest absolute Gasteiger partial charge is 0.496 e. The number of benzene rings is 3. The summed E-state index contributed by atoms with van der Waals surface area (Å²) in [4.78, 5) is 56.0. The number of anilines is 2. The predicted molar refractivity (Wildman–Crippen MR) is 161 cm³/mol. The third-order valence-corrected chi connectivity index (χ3v) is 7.48. The van der Waals surface area contributed by atoms with Gasteiger partial charge in [0.25, 0.3) is 5.91 Å². The zero-order chi connectivity index (χ0) is 30.4. The van der Waals surface area contributed by atoms with E-state index in [1.54, 1.807) is 79.4 Å². The van der Waals surface area contributed by atoms with Crippen LogP contribution in [0, 0.1) is 0 Å². The van der Waals surface area contributed by atoms with Gasteiger partial charge in [-0.3, -0.25) is 14.4 Å². The van der Waals surface area contributed by atoms with Gasteiger partial charge in [-0.15, -0.1) is 0 Å². The molecule has 1 heterocycles. The fourth-order valence-electron chi connectivity index (χ4n) is 5.04. The molecule has 42 heavy (non-hydrogen) atoms. The highest BCUT2D eigenvalue weighted by molar-refractivity contribution is 6.08. The molecule has 0 saturated carbocycles. The molecule has 0 aliphatic carbocycles. The summed E-state index contributed by atoms with van der Waals surface area (Å²) < 4.78 is 10.6. The van der Waals surface area contributed by atoms with Crippen molar-refractivity contribution in [3.05, 3.63) is 65.7 Å². The lowest BCUT2D eigenvalue weighted by Gasteiger charge is -2.27. The number of amides is 3. The van der Waals surface area contributed by atoms with Crippen LogP contribution in [0.5, 0.6) is 5.75 Å². The minimum Gasteiger partial charge on any atom is -0.496 e. The van der Waals surface area contributed by atoms with E-state index >= 15 is 0 Å². The van der Waals surface area contributed by atoms with E-state index < -0.39 is 18.1 Å². The number of nitrogens with one attached hydrogen (secondary N) is 2. The standard InChI is InChI=1S/C31H37N5O6/c1-19(33-2)29(38)34-24-18-35(28(37)10-7-15-32)25-8-5-6-9-26(25)36(30(24)39)17-23-22-13-11-21(31(40)42-4)16-20(22)12-14-27(23)41-3/h5-6,8-9,11-14,16,19,24,33H,7,10,15,17-18,32H2,1-4H3,(H,34,38)/t19-,24?/m0/s1. The first-order chi connectivity index (χ1) is 20.2. The number of methoxy groups -OCH3 is 2. The molecule has 2 atom stereocenters. The number of hydrogen-bond acceptors (Lipinski definition) is 8. The zero-order valence-electron chi connectivity index (χ0n) is 24.3. The van der Waals surface area contributed by atoms with Crippen LogP contribution < -0.4 is 30.9 Å². The van der Waals surface area contributed by atoms with E-state index in [9.17, 15) is 19.2 Å². The Bertz CT molecular complexity index is 1490. The number of nitrogens with zero attached hydrogens (tertiary/aromatic N) is 2. The van der Waals surface area contributed by atoms with Crippen molar-refractivity contribution in [1.29, 1.82) is 0 Å². The Labute approximate surface area is 244 Å². The lowest BCUT2D eigenvalue weighted by Crippen LogP contribution is -2.55. The summed E-state index contributed by atoms with van der Waals surface area (Å²) in [6.07, 6.45) is 0.691. The predicted octanol–water partition coefficient (Wildman–Crippen LogP) is 2.35. The van der Waals surface area contributed by atoms with Gasteiger partial charge < -0.3 is 35.6 Å². The number of hydrogen-bond donors (Lipinski definition) is 3. The first kappa shape index (κ1) is 30.5. The number of para-hydroxylation sites is 2. The molecular formula is C31H37N5O6. The van der Waals surface area contributed by atoms with Gasteiger partial charge in [0.2, 0.25) is 11.8 Å². The summed E-state index contributed by atoms with van der Waals surface area (Å²) in [6.45, 7) is 2.08. The van der Waals surface area contributed by atoms with Gasteiger partial charge in [0.1, 0.15) is 11.8 Å². The van der Waals surface area contributed by atoms with Crippen molar-refractivity contribution in [2.75, 3.05) is 44.2 Å². The lowest BCUT2D eigenvalue weighted by atomic mass is 10.00. The molecule has 4 rings (SSSR count). The van der Waals surface area contributed by atoms with Crippen LogP contribution in [0.25, 0.3) is 10.8 Å². The van der Waals surface area contributed by atoms with Crippen LogP contribution in [0.1, 0.15) is 35.7 Å². The third kappa shape index (κ3) is 6.22. The minimum absolute atomic E-state index is 0.0346. The summed E-state index contributed by atoms with van der Waals surface area (Å²) >= 11 is 0. The summed E-state index contributed by atoms with van der Waals surface area (Å²) in [6, 6.07) is 14.4. The van der Waals surface area contributed by atoms with Gasteiger partial charge >= 0.3 is 5.97 Å². The van der Waals surface area contributed by atoms with Crippen molar-refractivity contribution in [2.24, 2.45) is 5.73 Å². The van der Waals surface area contributed by atoms with Crippen LogP contribution >= 0.6 is 0 Å². The average Bonchev–Trinajstić information content (AvgIpc) is 3.13. The number of nitrogens with two attached hydrogens (primary N) is 1. The topological polar surface area (TPSA) is 143 Å². The van der Waals surface area contributed by atoms with Crippen LogP contribution in [-0.2, 0) is 25.7 Å². The van der Waals surface area contributed by atoms with E-state index in [-0.39, 0.29) is 37.2 Å². The number of fused-ring (bicyclic) bond motifs is 2. The Morgan fingerprint density at radius 1 is 1.07 bits per heavy atom. The van der Waals surface area contributed by atoms with Crippen LogP contribution in [0.4, 0.5) is 11.4 Å². The maximum Gasteiger partial charge on any atom is 0.337 e. The number of rotatable bonds is 10. The van der Waals surface area contributed by atoms with Gasteiger partial charge in [-0.05, 0) is 68.0 Å². The minimum atomic E-state index is -1.02. The maximum absolute atomic E-state index is 14.3. The van der Waals surface area contributed by atoms with Gasteiger partial charge in [-0.25, -0.2) is 4.79 Å². The van der Waals surface area contributed by atoms with Crippen LogP contribution in [0.2, 0.25) is 0 Å². The summed E-state index contributed by atoms with van der Waals surface area (Å²) in [5, 5.41) is 7.27. The smallest absolute Gasteiger partial charge is 0.337 e. The highest BCUT2D eigenvalue weighted by Crippen LogP contribution is 2.37. The van der Waals surface area contributed by atoms with Gasteiger partial charge in [-0.2, -0.15) is 0 Å². The second-order valence-electron chi connectivity index (χ2n) is 10.1. The molecule has 11 nitrogen and oxygen atoms in total. The Morgan fingerprint density at radius 2 is 1.81 bits per heavy atom. The second kappa shape index (κ2) is 13.5. The van der Waals surface area contributed by atoms with E-state index in [2.05, 4.69) is 10.6 Å². The first-order valence-electron chi connectivity index (χ1n) is 13.8. The molecule has 0 radical (unpaired) electrons. The monoisotopic (exact) mass is 575 g/mol. The van der Waals surface area contributed by atoms with Gasteiger partial charge in [0, 0.05) is 12.0 Å². The molecule has 0 spiro atoms. The van der Waals surface area contributed by atoms with Gasteiger partial charge in [0.05, 0.1) is 50.3 Å². The highest BCUT2D eigenvalue weighted by Gasteiger charge is 2.37. The Kier molecular flexibility index (Phi) is 9.76. The number of likely N-dealkylation sites (N-methyl/N-ethyl adjacent to an activating group) is 1. The summed E-state index contributed by atoms with van der Waals surface area (Å²) in [5.41, 5.74) is 7.84. The molecule has 4 N–H and O–H groups in total. The first-order valence-corrected chi connectivity index (χ1v) is 13.8. The summed E-state index contributed by atoms with van der Waals surface area (Å²) in [7, 11) is 4.53. The van der Waals surface area contributed by atoms with Gasteiger partial charge in [-0.1, -0.05) is 24.3 Å². The van der Waals surface area contributed by atoms with Crippen molar-refractivity contribution < 1.29 is 28.7 Å².